The number of imidazole rings is 1. The fraction of sp³-hybridized carbons (Fsp3) is 0.367. The molecule has 0 unspecified atom stereocenters. The van der Waals surface area contributed by atoms with Gasteiger partial charge in [0.1, 0.15) is 34.9 Å². The average molecular weight is 665 g/mol. The molecule has 0 saturated carbocycles. The van der Waals surface area contributed by atoms with Crippen LogP contribution in [-0.2, 0) is 34.8 Å². The number of aromatic nitrogens is 4. The van der Waals surface area contributed by atoms with Crippen LogP contribution in [0.3, 0.4) is 0 Å². The van der Waals surface area contributed by atoms with Crippen molar-refractivity contribution < 1.29 is 41.0 Å². The van der Waals surface area contributed by atoms with Crippen molar-refractivity contribution in [2.24, 2.45) is 14.1 Å². The average Bonchev–Trinajstić information content (AvgIpc) is 3.53. The third-order valence-corrected chi connectivity index (χ3v) is 8.16. The second-order valence-corrected chi connectivity index (χ2v) is 10.9. The Kier molecular flexibility index (Phi) is 8.94. The number of fused-ring (bicyclic) bond motifs is 1. The molecule has 1 aliphatic heterocycles. The number of alkyl halides is 3. The number of benzene rings is 1. The van der Waals surface area contributed by atoms with Gasteiger partial charge < -0.3 is 28.7 Å². The van der Waals surface area contributed by atoms with Gasteiger partial charge in [0.05, 0.1) is 25.9 Å². The van der Waals surface area contributed by atoms with Crippen molar-refractivity contribution in [2.45, 2.75) is 31.6 Å². The Hall–Kier alpha value is -5.06. The molecular formula is C30H29F5N6O6. The van der Waals surface area contributed by atoms with Crippen LogP contribution in [0.15, 0.2) is 46.2 Å². The van der Waals surface area contributed by atoms with Gasteiger partial charge in [0, 0.05) is 62.1 Å². The van der Waals surface area contributed by atoms with Gasteiger partial charge in [-0.05, 0) is 31.2 Å². The zero-order chi connectivity index (χ0) is 34.4. The molecule has 5 rings (SSSR count). The molecule has 0 spiro atoms. The molecule has 2 atom stereocenters. The number of carbonyl (C=O) groups is 2. The molecule has 1 fully saturated rings. The van der Waals surface area contributed by atoms with E-state index in [1.807, 2.05) is 0 Å². The highest BCUT2D eigenvalue weighted by Gasteiger charge is 2.46. The van der Waals surface area contributed by atoms with Crippen molar-refractivity contribution in [3.8, 4) is 11.1 Å². The molecule has 0 aliphatic carbocycles. The summed E-state index contributed by atoms with van der Waals surface area (Å²) in [6, 6.07) is 0.711. The number of anilines is 1. The van der Waals surface area contributed by atoms with Gasteiger partial charge in [-0.15, -0.1) is 0 Å². The summed E-state index contributed by atoms with van der Waals surface area (Å²) < 4.78 is 84.5. The Morgan fingerprint density at radius 3 is 2.45 bits per heavy atom. The monoisotopic (exact) mass is 664 g/mol. The number of nitrogens with zero attached hydrogens (tertiary/aromatic N) is 5. The summed E-state index contributed by atoms with van der Waals surface area (Å²) in [6.45, 7) is 0.472. The summed E-state index contributed by atoms with van der Waals surface area (Å²) in [5.41, 5.74) is -0.984. The summed E-state index contributed by atoms with van der Waals surface area (Å²) in [7, 11) is 3.91. The number of morpholine rings is 1. The van der Waals surface area contributed by atoms with E-state index in [1.165, 1.54) is 35.5 Å². The zero-order valence-corrected chi connectivity index (χ0v) is 25.5. The van der Waals surface area contributed by atoms with Gasteiger partial charge in [-0.3, -0.25) is 14.2 Å². The first-order valence-electron chi connectivity index (χ1n) is 14.2. The number of pyridine rings is 1. The molecule has 47 heavy (non-hydrogen) atoms. The summed E-state index contributed by atoms with van der Waals surface area (Å²) in [5.74, 6) is -5.19. The Bertz CT molecular complexity index is 1980. The number of hydrogen-bond acceptors (Lipinski definition) is 8. The van der Waals surface area contributed by atoms with Crippen LogP contribution >= 0.6 is 0 Å². The topological polar surface area (TPSA) is 129 Å². The smallest absolute Gasteiger partial charge is 0.411 e. The van der Waals surface area contributed by atoms with Crippen molar-refractivity contribution >= 4 is 23.2 Å². The first-order chi connectivity index (χ1) is 22.1. The van der Waals surface area contributed by atoms with Crippen LogP contribution < -0.4 is 21.5 Å². The summed E-state index contributed by atoms with van der Waals surface area (Å²) in [4.78, 5) is 56.4. The van der Waals surface area contributed by atoms with E-state index in [2.05, 4.69) is 10.3 Å². The minimum absolute atomic E-state index is 0.106. The Labute approximate surface area is 262 Å². The Balaban J connectivity index is 1.46. The molecule has 1 aromatic carbocycles. The van der Waals surface area contributed by atoms with Crippen molar-refractivity contribution in [3.63, 3.8) is 0 Å². The predicted molar refractivity (Wildman–Crippen MR) is 157 cm³/mol. The van der Waals surface area contributed by atoms with E-state index >= 15 is 8.78 Å². The minimum Gasteiger partial charge on any atom is -0.467 e. The van der Waals surface area contributed by atoms with Crippen LogP contribution in [0.4, 0.5) is 27.6 Å². The number of carbonyl (C=O) groups excluding carboxylic acids is 2. The van der Waals surface area contributed by atoms with E-state index in [1.54, 1.807) is 19.1 Å². The van der Waals surface area contributed by atoms with Crippen LogP contribution in [0.25, 0.3) is 16.8 Å². The lowest BCUT2D eigenvalue weighted by atomic mass is 10.0. The van der Waals surface area contributed by atoms with Crippen LogP contribution in [0.1, 0.15) is 21.7 Å². The SMILES string of the molecule is COC(=O)[C@H](Cc1ccc(-c2c(C)n(C)c(=O)n(C)c2=O)c2nccn12)NC(=O)c1c(F)cc(N2CCOC[C@@H]2C(F)(F)F)cc1F. The van der Waals surface area contributed by atoms with Crippen molar-refractivity contribution in [3.05, 3.63) is 86.1 Å². The maximum atomic E-state index is 15.2. The first-order valence-corrected chi connectivity index (χ1v) is 14.2. The molecule has 0 bridgehead atoms. The molecule has 3 aromatic heterocycles. The number of ether oxygens (including phenoxy) is 2. The van der Waals surface area contributed by atoms with Crippen molar-refractivity contribution in [2.75, 3.05) is 31.8 Å². The summed E-state index contributed by atoms with van der Waals surface area (Å²) in [6.07, 6.45) is -2.05. The highest BCUT2D eigenvalue weighted by molar-refractivity contribution is 5.97. The van der Waals surface area contributed by atoms with E-state index in [-0.39, 0.29) is 30.8 Å². The van der Waals surface area contributed by atoms with Gasteiger partial charge in [-0.25, -0.2) is 23.4 Å². The van der Waals surface area contributed by atoms with E-state index in [9.17, 15) is 32.3 Å². The normalized spacial score (nSPS) is 15.9. The molecule has 4 aromatic rings. The van der Waals surface area contributed by atoms with Crippen molar-refractivity contribution in [1.82, 2.24) is 23.8 Å². The maximum Gasteiger partial charge on any atom is 0.411 e. The minimum atomic E-state index is -4.75. The molecule has 12 nitrogen and oxygen atoms in total. The number of esters is 1. The van der Waals surface area contributed by atoms with Gasteiger partial charge in [-0.1, -0.05) is 0 Å². The first kappa shape index (κ1) is 33.3. The molecule has 1 saturated heterocycles. The number of methoxy groups -OCH3 is 1. The predicted octanol–water partition coefficient (Wildman–Crippen LogP) is 2.27. The van der Waals surface area contributed by atoms with Crippen LogP contribution in [-0.4, -0.2) is 75.5 Å². The lowest BCUT2D eigenvalue weighted by molar-refractivity contribution is -0.167. The van der Waals surface area contributed by atoms with Gasteiger partial charge in [0.15, 0.2) is 0 Å². The highest BCUT2D eigenvalue weighted by Crippen LogP contribution is 2.33. The molecule has 17 heteroatoms. The molecule has 250 valence electrons. The third-order valence-electron chi connectivity index (χ3n) is 8.16. The van der Waals surface area contributed by atoms with Crippen LogP contribution in [0, 0.1) is 18.6 Å². The lowest BCUT2D eigenvalue weighted by Gasteiger charge is -2.38. The standard InChI is InChI=1S/C30H29F5N6O6/c1-15-23(27(43)39(3)29(45)38(15)2)18-6-5-16(41-8-7-36-25(18)41)13-21(28(44)46-4)37-26(42)24-19(31)11-17(12-20(24)32)40-9-10-47-14-22(40)30(33,34)35/h5-8,11-12,21-22H,9-10,13-14H2,1-4H3,(H,37,42)/t21-,22+/m0/s1. The highest BCUT2D eigenvalue weighted by atomic mass is 19.4. The third kappa shape index (κ3) is 6.09. The Morgan fingerprint density at radius 1 is 1.13 bits per heavy atom. The van der Waals surface area contributed by atoms with E-state index in [0.717, 1.165) is 16.6 Å². The molecule has 4 heterocycles. The van der Waals surface area contributed by atoms with E-state index in [0.29, 0.717) is 29.1 Å². The largest absolute Gasteiger partial charge is 0.467 e. The maximum absolute atomic E-state index is 15.2. The molecule has 1 aliphatic rings. The number of rotatable bonds is 7. The number of nitrogens with one attached hydrogen (secondary N) is 1. The van der Waals surface area contributed by atoms with Gasteiger partial charge in [0.2, 0.25) is 0 Å². The summed E-state index contributed by atoms with van der Waals surface area (Å²) >= 11 is 0. The lowest BCUT2D eigenvalue weighted by Crippen LogP contribution is -2.53. The molecule has 1 amide bonds. The Morgan fingerprint density at radius 2 is 1.81 bits per heavy atom. The van der Waals surface area contributed by atoms with E-state index in [4.69, 9.17) is 9.47 Å². The van der Waals surface area contributed by atoms with Gasteiger partial charge in [-0.2, -0.15) is 13.2 Å². The number of hydrogen-bond donors (Lipinski definition) is 1. The van der Waals surface area contributed by atoms with Crippen LogP contribution in [0.2, 0.25) is 0 Å². The fourth-order valence-electron chi connectivity index (χ4n) is 5.59. The van der Waals surface area contributed by atoms with Crippen LogP contribution in [0.5, 0.6) is 0 Å². The second kappa shape index (κ2) is 12.6. The second-order valence-electron chi connectivity index (χ2n) is 10.9. The number of amides is 1. The molecular weight excluding hydrogens is 635 g/mol. The quantitative estimate of drug-likeness (QED) is 0.236. The molecule has 1 N–H and O–H groups in total. The number of halogens is 5. The molecule has 0 radical (unpaired) electrons. The van der Waals surface area contributed by atoms with Gasteiger partial charge in [0.25, 0.3) is 11.5 Å². The zero-order valence-electron chi connectivity index (χ0n) is 25.5. The van der Waals surface area contributed by atoms with Crippen molar-refractivity contribution in [1.29, 1.82) is 0 Å². The summed E-state index contributed by atoms with van der Waals surface area (Å²) in [5, 5.41) is 2.26. The van der Waals surface area contributed by atoms with E-state index < -0.39 is 70.9 Å². The fourth-order valence-corrected chi connectivity index (χ4v) is 5.59. The van der Waals surface area contributed by atoms with Gasteiger partial charge >= 0.3 is 17.8 Å².